The Morgan fingerprint density at radius 3 is 2.31 bits per heavy atom. The molecular formula is C25H32BrIN2O6S. The van der Waals surface area contributed by atoms with Crippen LogP contribution in [0.1, 0.15) is 38.8 Å². The molecule has 198 valence electrons. The van der Waals surface area contributed by atoms with Gasteiger partial charge in [-0.1, -0.05) is 39.7 Å². The van der Waals surface area contributed by atoms with E-state index in [2.05, 4.69) is 43.8 Å². The summed E-state index contributed by atoms with van der Waals surface area (Å²) in [6.45, 7) is 9.18. The number of ether oxygens (including phenoxy) is 2. The van der Waals surface area contributed by atoms with Gasteiger partial charge in [0, 0.05) is 21.9 Å². The van der Waals surface area contributed by atoms with Crippen molar-refractivity contribution >= 4 is 66.3 Å². The molecule has 0 saturated heterocycles. The average Bonchev–Trinajstić information content (AvgIpc) is 2.76. The van der Waals surface area contributed by atoms with E-state index in [-0.39, 0.29) is 24.5 Å². The molecule has 2 aromatic carbocycles. The Balaban J connectivity index is 2.34. The molecule has 0 spiro atoms. The van der Waals surface area contributed by atoms with Crippen LogP contribution in [-0.4, -0.2) is 50.6 Å². The van der Waals surface area contributed by atoms with Crippen molar-refractivity contribution < 1.29 is 27.5 Å². The van der Waals surface area contributed by atoms with E-state index in [0.29, 0.717) is 14.6 Å². The summed E-state index contributed by atoms with van der Waals surface area (Å²) >= 11 is 5.44. The first kappa shape index (κ1) is 30.4. The maximum atomic E-state index is 13.4. The summed E-state index contributed by atoms with van der Waals surface area (Å²) in [5.74, 6) is -0.578. The maximum Gasteiger partial charge on any atom is 0.408 e. The van der Waals surface area contributed by atoms with E-state index >= 15 is 0 Å². The summed E-state index contributed by atoms with van der Waals surface area (Å²) in [5, 5.41) is 3.03. The lowest BCUT2D eigenvalue weighted by molar-refractivity contribution is -0.145. The highest BCUT2D eigenvalue weighted by Gasteiger charge is 2.28. The van der Waals surface area contributed by atoms with Gasteiger partial charge in [0.05, 0.1) is 17.2 Å². The molecule has 1 atom stereocenters. The highest BCUT2D eigenvalue weighted by molar-refractivity contribution is 14.1. The first-order valence-electron chi connectivity index (χ1n) is 11.4. The molecule has 0 aromatic heterocycles. The predicted octanol–water partition coefficient (Wildman–Crippen LogP) is 5.19. The number of hydrogen-bond acceptors (Lipinski definition) is 6. The minimum absolute atomic E-state index is 0.150. The lowest BCUT2D eigenvalue weighted by Gasteiger charge is -2.26. The van der Waals surface area contributed by atoms with Gasteiger partial charge in [-0.15, -0.1) is 0 Å². The number of sulfonamides is 1. The van der Waals surface area contributed by atoms with E-state index in [1.807, 2.05) is 6.92 Å². The third kappa shape index (κ3) is 8.62. The van der Waals surface area contributed by atoms with Gasteiger partial charge in [-0.3, -0.25) is 4.31 Å². The summed E-state index contributed by atoms with van der Waals surface area (Å²) in [5.41, 5.74) is 1.49. The minimum atomic E-state index is -3.79. The Kier molecular flexibility index (Phi) is 11.0. The first-order chi connectivity index (χ1) is 16.8. The molecule has 2 rings (SSSR count). The van der Waals surface area contributed by atoms with Gasteiger partial charge in [0.2, 0.25) is 0 Å². The summed E-state index contributed by atoms with van der Waals surface area (Å²) in [4.78, 5) is 25.0. The second kappa shape index (κ2) is 13.1. The van der Waals surface area contributed by atoms with Crippen molar-refractivity contribution in [3.63, 3.8) is 0 Å². The maximum absolute atomic E-state index is 13.4. The summed E-state index contributed by atoms with van der Waals surface area (Å²) in [7, 11) is -3.79. The number of carbonyl (C=O) groups is 2. The second-order valence-corrected chi connectivity index (χ2v) is 12.8. The molecule has 1 amide bonds. The van der Waals surface area contributed by atoms with E-state index in [4.69, 9.17) is 9.47 Å². The van der Waals surface area contributed by atoms with Gasteiger partial charge >= 0.3 is 12.1 Å². The standard InChI is InChI=1S/C25H32BrIN2O6S/c1-6-34-23(30)21(28-24(31)35-25(3,4)5)16-18-9-12-22(20(27)15-18)29(14-13-26)36(32,33)19-10-7-17(2)8-11-19/h7-12,15,21H,6,13-14,16H2,1-5H3,(H,28,31)/t21-/m0/s1. The van der Waals surface area contributed by atoms with Gasteiger partial charge in [0.1, 0.15) is 11.6 Å². The molecule has 0 saturated carbocycles. The lowest BCUT2D eigenvalue weighted by atomic mass is 10.1. The molecule has 0 aliphatic rings. The van der Waals surface area contributed by atoms with E-state index in [9.17, 15) is 18.0 Å². The van der Waals surface area contributed by atoms with Crippen LogP contribution in [0.4, 0.5) is 10.5 Å². The molecule has 0 aliphatic carbocycles. The molecule has 36 heavy (non-hydrogen) atoms. The zero-order chi connectivity index (χ0) is 27.1. The molecule has 11 heteroatoms. The molecule has 0 unspecified atom stereocenters. The third-order valence-corrected chi connectivity index (χ3v) is 7.93. The predicted molar refractivity (Wildman–Crippen MR) is 152 cm³/mol. The van der Waals surface area contributed by atoms with Crippen molar-refractivity contribution in [3.8, 4) is 0 Å². The number of benzene rings is 2. The molecule has 0 fully saturated rings. The Morgan fingerprint density at radius 1 is 1.14 bits per heavy atom. The number of aryl methyl sites for hydroxylation is 1. The molecule has 0 aliphatic heterocycles. The van der Waals surface area contributed by atoms with Gasteiger partial charge < -0.3 is 14.8 Å². The van der Waals surface area contributed by atoms with E-state index in [0.717, 1.165) is 11.1 Å². The van der Waals surface area contributed by atoms with Crippen molar-refractivity contribution in [2.75, 3.05) is 22.8 Å². The third-order valence-electron chi connectivity index (χ3n) is 4.88. The van der Waals surface area contributed by atoms with E-state index in [1.54, 1.807) is 70.2 Å². The number of anilines is 1. The number of amides is 1. The molecule has 2 aromatic rings. The largest absolute Gasteiger partial charge is 0.464 e. The number of alkyl halides is 1. The number of rotatable bonds is 10. The van der Waals surface area contributed by atoms with E-state index in [1.165, 1.54) is 4.31 Å². The molecule has 0 bridgehead atoms. The van der Waals surface area contributed by atoms with Crippen molar-refractivity contribution in [1.82, 2.24) is 5.32 Å². The van der Waals surface area contributed by atoms with Crippen molar-refractivity contribution in [3.05, 3.63) is 57.2 Å². The van der Waals surface area contributed by atoms with Crippen LogP contribution in [0.2, 0.25) is 0 Å². The van der Waals surface area contributed by atoms with Crippen LogP contribution in [0.25, 0.3) is 0 Å². The van der Waals surface area contributed by atoms with Crippen LogP contribution in [0.5, 0.6) is 0 Å². The van der Waals surface area contributed by atoms with Crippen molar-refractivity contribution in [1.29, 1.82) is 0 Å². The van der Waals surface area contributed by atoms with E-state index < -0.39 is 33.7 Å². The molecular weight excluding hydrogens is 663 g/mol. The fourth-order valence-corrected chi connectivity index (χ4v) is 6.39. The Hall–Kier alpha value is -1.86. The number of alkyl carbamates (subject to hydrolysis) is 1. The molecule has 1 N–H and O–H groups in total. The van der Waals surface area contributed by atoms with Gasteiger partial charge in [0.15, 0.2) is 0 Å². The zero-order valence-corrected chi connectivity index (χ0v) is 25.6. The average molecular weight is 695 g/mol. The number of nitrogens with one attached hydrogen (secondary N) is 1. The molecule has 8 nitrogen and oxygen atoms in total. The monoisotopic (exact) mass is 694 g/mol. The zero-order valence-electron chi connectivity index (χ0n) is 21.0. The first-order valence-corrected chi connectivity index (χ1v) is 15.0. The van der Waals surface area contributed by atoms with Crippen molar-refractivity contribution in [2.24, 2.45) is 0 Å². The molecule has 0 radical (unpaired) electrons. The quantitative estimate of drug-likeness (QED) is 0.209. The van der Waals surface area contributed by atoms with Gasteiger partial charge in [0.25, 0.3) is 10.0 Å². The van der Waals surface area contributed by atoms with Crippen LogP contribution in [-0.2, 0) is 30.7 Å². The van der Waals surface area contributed by atoms with Crippen LogP contribution in [0.15, 0.2) is 47.4 Å². The summed E-state index contributed by atoms with van der Waals surface area (Å²) in [6.07, 6.45) is -0.572. The fraction of sp³-hybridized carbons (Fsp3) is 0.440. The number of nitrogens with zero attached hydrogens (tertiary/aromatic N) is 1. The number of halogens is 2. The van der Waals surface area contributed by atoms with Gasteiger partial charge in [-0.25, -0.2) is 18.0 Å². The Labute approximate surface area is 235 Å². The van der Waals surface area contributed by atoms with Crippen molar-refractivity contribution in [2.45, 2.75) is 57.6 Å². The van der Waals surface area contributed by atoms with Crippen LogP contribution in [0, 0.1) is 10.5 Å². The molecule has 0 heterocycles. The Morgan fingerprint density at radius 2 is 1.78 bits per heavy atom. The fourth-order valence-electron chi connectivity index (χ4n) is 3.29. The van der Waals surface area contributed by atoms with Gasteiger partial charge in [-0.2, -0.15) is 0 Å². The smallest absolute Gasteiger partial charge is 0.408 e. The number of hydrogen-bond donors (Lipinski definition) is 1. The van der Waals surface area contributed by atoms with Crippen LogP contribution >= 0.6 is 38.5 Å². The minimum Gasteiger partial charge on any atom is -0.464 e. The van der Waals surface area contributed by atoms with Gasteiger partial charge in [-0.05, 0) is 87.0 Å². The topological polar surface area (TPSA) is 102 Å². The normalized spacial score (nSPS) is 12.5. The number of esters is 1. The number of carbonyl (C=O) groups excluding carboxylic acids is 2. The highest BCUT2D eigenvalue weighted by atomic mass is 127. The van der Waals surface area contributed by atoms with Crippen LogP contribution in [0.3, 0.4) is 0 Å². The summed E-state index contributed by atoms with van der Waals surface area (Å²) in [6, 6.07) is 11.0. The highest BCUT2D eigenvalue weighted by Crippen LogP contribution is 2.30. The lowest BCUT2D eigenvalue weighted by Crippen LogP contribution is -2.45. The second-order valence-electron chi connectivity index (χ2n) is 9.02. The van der Waals surface area contributed by atoms with Crippen LogP contribution < -0.4 is 9.62 Å². The Bertz CT molecular complexity index is 1170. The summed E-state index contributed by atoms with van der Waals surface area (Å²) < 4.78 is 39.3. The SMILES string of the molecule is CCOC(=O)[C@H](Cc1ccc(N(CCBr)S(=O)(=O)c2ccc(C)cc2)c(I)c1)NC(=O)OC(C)(C)C.